The number of nitrogens with one attached hydrogen (secondary N) is 1. The molecule has 2 aromatic rings. The zero-order valence-electron chi connectivity index (χ0n) is 11.1. The first kappa shape index (κ1) is 13.9. The number of fused-ring (bicyclic) bond motifs is 1. The number of nitrogens with zero attached hydrogens (tertiary/aromatic N) is 1. The molecule has 0 atom stereocenters. The van der Waals surface area contributed by atoms with Crippen LogP contribution in [0.2, 0.25) is 0 Å². The summed E-state index contributed by atoms with van der Waals surface area (Å²) >= 11 is 3.25. The fourth-order valence-corrected chi connectivity index (χ4v) is 2.70. The monoisotopic (exact) mass is 348 g/mol. The van der Waals surface area contributed by atoms with E-state index >= 15 is 0 Å². The first-order valence-electron chi connectivity index (χ1n) is 6.56. The molecule has 3 rings (SSSR count). The maximum absolute atomic E-state index is 11.1. The third-order valence-electron chi connectivity index (χ3n) is 3.39. The molecular weight excluding hydrogens is 336 g/mol. The number of ether oxygens (including phenoxy) is 1. The Bertz CT molecular complexity index is 703. The van der Waals surface area contributed by atoms with E-state index in [1.807, 2.05) is 12.1 Å². The summed E-state index contributed by atoms with van der Waals surface area (Å²) in [6.45, 7) is 1.26. The molecule has 1 aliphatic rings. The molecule has 0 saturated heterocycles. The summed E-state index contributed by atoms with van der Waals surface area (Å²) in [6, 6.07) is 11.0. The highest BCUT2D eigenvalue weighted by molar-refractivity contribution is 9.10. The maximum atomic E-state index is 11.1. The van der Waals surface area contributed by atoms with Gasteiger partial charge in [0.2, 0.25) is 0 Å². The first-order valence-corrected chi connectivity index (χ1v) is 7.35. The van der Waals surface area contributed by atoms with E-state index in [2.05, 4.69) is 27.3 Å². The fraction of sp³-hybridized carbons (Fsp3) is 0.200. The average molecular weight is 349 g/mol. The maximum Gasteiger partial charge on any atom is 0.293 e. The predicted molar refractivity (Wildman–Crippen MR) is 83.8 cm³/mol. The van der Waals surface area contributed by atoms with Crippen molar-refractivity contribution in [2.75, 3.05) is 11.9 Å². The molecular formula is C15H13BrN2O3. The van der Waals surface area contributed by atoms with E-state index in [9.17, 15) is 10.1 Å². The molecule has 1 aliphatic heterocycles. The molecule has 5 nitrogen and oxygen atoms in total. The Hall–Kier alpha value is -2.08. The van der Waals surface area contributed by atoms with Crippen LogP contribution in [-0.4, -0.2) is 11.5 Å². The minimum absolute atomic E-state index is 0.0638. The van der Waals surface area contributed by atoms with E-state index in [-0.39, 0.29) is 10.6 Å². The molecule has 1 N–H and O–H groups in total. The van der Waals surface area contributed by atoms with Crippen LogP contribution in [0.3, 0.4) is 0 Å². The second-order valence-corrected chi connectivity index (χ2v) is 5.73. The van der Waals surface area contributed by atoms with Gasteiger partial charge in [-0.1, -0.05) is 28.1 Å². The van der Waals surface area contributed by atoms with Gasteiger partial charge in [-0.05, 0) is 29.3 Å². The van der Waals surface area contributed by atoms with Crippen molar-refractivity contribution in [3.05, 3.63) is 62.1 Å². The number of nitro benzene ring substituents is 1. The summed E-state index contributed by atoms with van der Waals surface area (Å²) in [4.78, 5) is 10.7. The van der Waals surface area contributed by atoms with E-state index in [1.165, 1.54) is 11.6 Å². The van der Waals surface area contributed by atoms with Crippen molar-refractivity contribution in [1.29, 1.82) is 0 Å². The van der Waals surface area contributed by atoms with Crippen molar-refractivity contribution < 1.29 is 9.66 Å². The summed E-state index contributed by atoms with van der Waals surface area (Å²) in [5.74, 6) is 0.938. The number of halogens is 1. The Labute approximate surface area is 130 Å². The number of anilines is 1. The van der Waals surface area contributed by atoms with Crippen molar-refractivity contribution in [2.45, 2.75) is 13.0 Å². The minimum atomic E-state index is -0.385. The molecule has 21 heavy (non-hydrogen) atoms. The van der Waals surface area contributed by atoms with Crippen molar-refractivity contribution in [3.63, 3.8) is 0 Å². The quantitative estimate of drug-likeness (QED) is 0.672. The average Bonchev–Trinajstić information content (AvgIpc) is 2.93. The van der Waals surface area contributed by atoms with Gasteiger partial charge in [-0.3, -0.25) is 10.1 Å². The highest BCUT2D eigenvalue weighted by Gasteiger charge is 2.15. The second kappa shape index (κ2) is 5.73. The molecule has 0 bridgehead atoms. The molecule has 0 saturated carbocycles. The summed E-state index contributed by atoms with van der Waals surface area (Å²) in [6.07, 6.45) is 0.918. The number of benzene rings is 2. The number of hydrogen-bond acceptors (Lipinski definition) is 4. The van der Waals surface area contributed by atoms with Gasteiger partial charge in [-0.25, -0.2) is 0 Å². The lowest BCUT2D eigenvalue weighted by molar-refractivity contribution is -0.384. The highest BCUT2D eigenvalue weighted by Crippen LogP contribution is 2.29. The molecule has 0 spiro atoms. The summed E-state index contributed by atoms with van der Waals surface area (Å²) in [5.41, 5.74) is 2.85. The van der Waals surface area contributed by atoms with Crippen LogP contribution in [0.5, 0.6) is 5.75 Å². The molecule has 108 valence electrons. The van der Waals surface area contributed by atoms with Crippen molar-refractivity contribution in [1.82, 2.24) is 0 Å². The van der Waals surface area contributed by atoms with Gasteiger partial charge in [0.1, 0.15) is 11.4 Å². The van der Waals surface area contributed by atoms with Crippen LogP contribution >= 0.6 is 15.9 Å². The van der Waals surface area contributed by atoms with Crippen LogP contribution in [0, 0.1) is 10.1 Å². The Morgan fingerprint density at radius 3 is 2.95 bits per heavy atom. The lowest BCUT2D eigenvalue weighted by Crippen LogP contribution is -2.03. The van der Waals surface area contributed by atoms with Gasteiger partial charge >= 0.3 is 0 Å². The lowest BCUT2D eigenvalue weighted by atomic mass is 10.1. The zero-order valence-corrected chi connectivity index (χ0v) is 12.7. The van der Waals surface area contributed by atoms with E-state index in [4.69, 9.17) is 4.74 Å². The molecule has 6 heteroatoms. The Morgan fingerprint density at radius 1 is 1.29 bits per heavy atom. The highest BCUT2D eigenvalue weighted by atomic mass is 79.9. The third-order valence-corrected chi connectivity index (χ3v) is 3.89. The molecule has 0 radical (unpaired) electrons. The largest absolute Gasteiger partial charge is 0.493 e. The Kier molecular flexibility index (Phi) is 3.79. The molecule has 1 heterocycles. The van der Waals surface area contributed by atoms with Gasteiger partial charge in [0, 0.05) is 23.5 Å². The molecule has 0 aromatic heterocycles. The number of hydrogen-bond donors (Lipinski definition) is 1. The molecule has 0 aliphatic carbocycles. The third kappa shape index (κ3) is 3.00. The standard InChI is InChI=1S/C15H13BrN2O3/c16-12-2-3-13(14(8-12)18(19)20)17-9-10-1-4-15-11(7-10)5-6-21-15/h1-4,7-8,17H,5-6,9H2. The second-order valence-electron chi connectivity index (χ2n) is 4.81. The van der Waals surface area contributed by atoms with Gasteiger partial charge < -0.3 is 10.1 Å². The van der Waals surface area contributed by atoms with Crippen molar-refractivity contribution >= 4 is 27.3 Å². The van der Waals surface area contributed by atoms with E-state index in [0.717, 1.165) is 24.3 Å². The van der Waals surface area contributed by atoms with Gasteiger partial charge in [0.25, 0.3) is 5.69 Å². The zero-order chi connectivity index (χ0) is 14.8. The molecule has 0 unspecified atom stereocenters. The molecule has 0 fully saturated rings. The van der Waals surface area contributed by atoms with Crippen LogP contribution in [-0.2, 0) is 13.0 Å². The summed E-state index contributed by atoms with van der Waals surface area (Å²) < 4.78 is 6.15. The van der Waals surface area contributed by atoms with Gasteiger partial charge in [0.05, 0.1) is 11.5 Å². The van der Waals surface area contributed by atoms with E-state index in [0.29, 0.717) is 16.7 Å². The van der Waals surface area contributed by atoms with Crippen molar-refractivity contribution in [2.24, 2.45) is 0 Å². The van der Waals surface area contributed by atoms with E-state index < -0.39 is 0 Å². The van der Waals surface area contributed by atoms with Gasteiger partial charge in [-0.15, -0.1) is 0 Å². The lowest BCUT2D eigenvalue weighted by Gasteiger charge is -2.08. The fourth-order valence-electron chi connectivity index (χ4n) is 2.35. The normalized spacial score (nSPS) is 12.6. The summed E-state index contributed by atoms with van der Waals surface area (Å²) in [5, 5.41) is 14.2. The first-order chi connectivity index (χ1) is 10.1. The molecule has 0 amide bonds. The predicted octanol–water partition coefficient (Wildman–Crippen LogP) is 3.90. The number of rotatable bonds is 4. The number of nitro groups is 1. The SMILES string of the molecule is O=[N+]([O-])c1cc(Br)ccc1NCc1ccc2c(c1)CCO2. The summed E-state index contributed by atoms with van der Waals surface area (Å²) in [7, 11) is 0. The minimum Gasteiger partial charge on any atom is -0.493 e. The van der Waals surface area contributed by atoms with E-state index in [1.54, 1.807) is 12.1 Å². The van der Waals surface area contributed by atoms with Crippen LogP contribution in [0.1, 0.15) is 11.1 Å². The smallest absolute Gasteiger partial charge is 0.293 e. The topological polar surface area (TPSA) is 64.4 Å². The van der Waals surface area contributed by atoms with Crippen LogP contribution in [0.15, 0.2) is 40.9 Å². The Morgan fingerprint density at radius 2 is 2.14 bits per heavy atom. The van der Waals surface area contributed by atoms with Crippen LogP contribution in [0.4, 0.5) is 11.4 Å². The van der Waals surface area contributed by atoms with Crippen molar-refractivity contribution in [3.8, 4) is 5.75 Å². The van der Waals surface area contributed by atoms with Gasteiger partial charge in [-0.2, -0.15) is 0 Å². The van der Waals surface area contributed by atoms with Crippen LogP contribution < -0.4 is 10.1 Å². The molecule has 2 aromatic carbocycles. The Balaban J connectivity index is 1.77. The van der Waals surface area contributed by atoms with Crippen LogP contribution in [0.25, 0.3) is 0 Å². The van der Waals surface area contributed by atoms with Gasteiger partial charge in [0.15, 0.2) is 0 Å².